The molecule has 0 aliphatic heterocycles. The van der Waals surface area contributed by atoms with Crippen LogP contribution in [0.2, 0.25) is 0 Å². The summed E-state index contributed by atoms with van der Waals surface area (Å²) in [6.45, 7) is 0. The smallest absolute Gasteiger partial charge is 0.383 e. The molecule has 21 heavy (non-hydrogen) atoms. The summed E-state index contributed by atoms with van der Waals surface area (Å²) in [5.41, 5.74) is 6.24. The number of carbonyl (C=O) groups excluding carboxylic acids is 1. The highest BCUT2D eigenvalue weighted by molar-refractivity contribution is 7.22. The molecule has 5 nitrogen and oxygen atoms in total. The topological polar surface area (TPSA) is 77.2 Å². The number of ether oxygens (including phenoxy) is 1. The summed E-state index contributed by atoms with van der Waals surface area (Å²) in [7, 11) is 1.36. The number of benzene rings is 1. The molecule has 0 aliphatic carbocycles. The Kier molecular flexibility index (Phi) is 3.90. The van der Waals surface area contributed by atoms with Gasteiger partial charge >= 0.3 is 18.3 Å². The van der Waals surface area contributed by atoms with Crippen LogP contribution >= 0.6 is 11.3 Å². The zero-order valence-electron chi connectivity index (χ0n) is 10.5. The third-order valence-electron chi connectivity index (χ3n) is 2.50. The van der Waals surface area contributed by atoms with Crippen molar-refractivity contribution in [2.24, 2.45) is 0 Å². The SMILES string of the molecule is COc1cc(N)cc2sc(NC(=O)C(F)(F)C(F)F)nc12. The monoisotopic (exact) mass is 323 g/mol. The fourth-order valence-electron chi connectivity index (χ4n) is 1.51. The average molecular weight is 323 g/mol. The first-order valence-corrected chi connectivity index (χ1v) is 6.28. The van der Waals surface area contributed by atoms with Crippen molar-refractivity contribution in [3.05, 3.63) is 12.1 Å². The highest BCUT2D eigenvalue weighted by Crippen LogP contribution is 2.35. The van der Waals surface area contributed by atoms with E-state index in [1.807, 2.05) is 0 Å². The Morgan fingerprint density at radius 3 is 2.71 bits per heavy atom. The van der Waals surface area contributed by atoms with Gasteiger partial charge in [0.2, 0.25) is 0 Å². The first-order chi connectivity index (χ1) is 9.75. The number of nitrogens with zero attached hydrogens (tertiary/aromatic N) is 1. The minimum Gasteiger partial charge on any atom is -0.494 e. The van der Waals surface area contributed by atoms with Crippen LogP contribution in [0.3, 0.4) is 0 Å². The molecule has 114 valence electrons. The fraction of sp³-hybridized carbons (Fsp3) is 0.273. The summed E-state index contributed by atoms with van der Waals surface area (Å²) in [5.74, 6) is -6.63. The highest BCUT2D eigenvalue weighted by atomic mass is 32.1. The van der Waals surface area contributed by atoms with E-state index < -0.39 is 18.3 Å². The molecule has 2 aromatic rings. The molecule has 0 saturated carbocycles. The zero-order chi connectivity index (χ0) is 15.8. The van der Waals surface area contributed by atoms with Crippen LogP contribution in [-0.4, -0.2) is 30.3 Å². The normalized spacial score (nSPS) is 11.9. The van der Waals surface area contributed by atoms with Crippen molar-refractivity contribution >= 4 is 38.3 Å². The van der Waals surface area contributed by atoms with Gasteiger partial charge in [-0.05, 0) is 6.07 Å². The van der Waals surface area contributed by atoms with Crippen LogP contribution in [0.15, 0.2) is 12.1 Å². The number of aromatic nitrogens is 1. The average Bonchev–Trinajstić information content (AvgIpc) is 2.79. The third kappa shape index (κ3) is 2.84. The molecule has 1 aromatic heterocycles. The summed E-state index contributed by atoms with van der Waals surface area (Å²) >= 11 is 0.816. The quantitative estimate of drug-likeness (QED) is 0.670. The molecule has 0 unspecified atom stereocenters. The van der Waals surface area contributed by atoms with E-state index in [4.69, 9.17) is 10.5 Å². The van der Waals surface area contributed by atoms with Gasteiger partial charge in [-0.3, -0.25) is 10.1 Å². The number of alkyl halides is 4. The van der Waals surface area contributed by atoms with Gasteiger partial charge in [0.05, 0.1) is 11.8 Å². The maximum Gasteiger partial charge on any atom is 0.383 e. The minimum absolute atomic E-state index is 0.251. The van der Waals surface area contributed by atoms with Crippen molar-refractivity contribution < 1.29 is 27.1 Å². The first-order valence-electron chi connectivity index (χ1n) is 5.47. The van der Waals surface area contributed by atoms with Gasteiger partial charge < -0.3 is 10.5 Å². The van der Waals surface area contributed by atoms with Crippen LogP contribution in [0.25, 0.3) is 10.2 Å². The lowest BCUT2D eigenvalue weighted by Crippen LogP contribution is -2.40. The molecule has 1 heterocycles. The van der Waals surface area contributed by atoms with E-state index in [9.17, 15) is 22.4 Å². The van der Waals surface area contributed by atoms with Gasteiger partial charge in [-0.2, -0.15) is 8.78 Å². The number of hydrogen-bond donors (Lipinski definition) is 2. The molecule has 1 amide bonds. The molecule has 0 fully saturated rings. The lowest BCUT2D eigenvalue weighted by Gasteiger charge is -2.13. The number of halogens is 4. The predicted molar refractivity (Wildman–Crippen MR) is 70.2 cm³/mol. The van der Waals surface area contributed by atoms with Crippen molar-refractivity contribution in [2.75, 3.05) is 18.2 Å². The molecule has 0 radical (unpaired) electrons. The Labute approximate surface area is 119 Å². The molecule has 1 aromatic carbocycles. The van der Waals surface area contributed by atoms with Gasteiger partial charge in [0.15, 0.2) is 5.13 Å². The number of anilines is 2. The number of fused-ring (bicyclic) bond motifs is 1. The second-order valence-electron chi connectivity index (χ2n) is 3.97. The van der Waals surface area contributed by atoms with Crippen LogP contribution in [0.5, 0.6) is 5.75 Å². The zero-order valence-corrected chi connectivity index (χ0v) is 11.3. The van der Waals surface area contributed by atoms with Crippen LogP contribution in [0, 0.1) is 0 Å². The van der Waals surface area contributed by atoms with E-state index in [-0.39, 0.29) is 16.4 Å². The van der Waals surface area contributed by atoms with Gasteiger partial charge in [0.25, 0.3) is 0 Å². The van der Waals surface area contributed by atoms with Crippen molar-refractivity contribution in [1.82, 2.24) is 4.98 Å². The molecule has 10 heteroatoms. The van der Waals surface area contributed by atoms with Crippen LogP contribution < -0.4 is 15.8 Å². The number of rotatable bonds is 4. The van der Waals surface area contributed by atoms with Crippen molar-refractivity contribution in [3.63, 3.8) is 0 Å². The number of amides is 1. The number of nitrogens with one attached hydrogen (secondary N) is 1. The summed E-state index contributed by atoms with van der Waals surface area (Å²) in [6.07, 6.45) is -4.10. The third-order valence-corrected chi connectivity index (χ3v) is 3.42. The molecule has 0 saturated heterocycles. The van der Waals surface area contributed by atoms with Gasteiger partial charge in [0, 0.05) is 11.8 Å². The van der Waals surface area contributed by atoms with Gasteiger partial charge in [-0.25, -0.2) is 13.8 Å². The lowest BCUT2D eigenvalue weighted by atomic mass is 10.3. The maximum absolute atomic E-state index is 12.9. The fourth-order valence-corrected chi connectivity index (χ4v) is 2.43. The number of hydrogen-bond acceptors (Lipinski definition) is 5. The lowest BCUT2D eigenvalue weighted by molar-refractivity contribution is -0.163. The number of methoxy groups -OCH3 is 1. The Morgan fingerprint density at radius 1 is 1.48 bits per heavy atom. The highest BCUT2D eigenvalue weighted by Gasteiger charge is 2.49. The Balaban J connectivity index is 2.34. The first kappa shape index (κ1) is 15.3. The van der Waals surface area contributed by atoms with Gasteiger partial charge in [-0.1, -0.05) is 11.3 Å². The van der Waals surface area contributed by atoms with E-state index in [0.29, 0.717) is 10.4 Å². The second kappa shape index (κ2) is 5.35. The van der Waals surface area contributed by atoms with Crippen molar-refractivity contribution in [1.29, 1.82) is 0 Å². The Morgan fingerprint density at radius 2 is 2.14 bits per heavy atom. The van der Waals surface area contributed by atoms with Crippen molar-refractivity contribution in [3.8, 4) is 5.75 Å². The van der Waals surface area contributed by atoms with Crippen molar-refractivity contribution in [2.45, 2.75) is 12.3 Å². The summed E-state index contributed by atoms with van der Waals surface area (Å²) in [6, 6.07) is 2.96. The van der Waals surface area contributed by atoms with E-state index in [2.05, 4.69) is 4.98 Å². The molecular weight excluding hydrogens is 314 g/mol. The molecule has 0 spiro atoms. The van der Waals surface area contributed by atoms with E-state index in [1.165, 1.54) is 19.2 Å². The number of nitrogens with two attached hydrogens (primary N) is 1. The molecule has 2 rings (SSSR count). The van der Waals surface area contributed by atoms with Crippen LogP contribution in [-0.2, 0) is 4.79 Å². The molecular formula is C11H9F4N3O2S. The van der Waals surface area contributed by atoms with Crippen LogP contribution in [0.1, 0.15) is 0 Å². The van der Waals surface area contributed by atoms with E-state index in [1.54, 1.807) is 5.32 Å². The Bertz CT molecular complexity index is 689. The number of nitrogen functional groups attached to an aromatic ring is 1. The standard InChI is InChI=1S/C11H9F4N3O2S/c1-20-5-2-4(16)3-6-7(5)17-10(21-6)18-9(19)11(14,15)8(12)13/h2-3,8H,16H2,1H3,(H,17,18,19). The number of thiazole rings is 1. The van der Waals surface area contributed by atoms with E-state index in [0.717, 1.165) is 11.3 Å². The van der Waals surface area contributed by atoms with Gasteiger partial charge in [0.1, 0.15) is 11.3 Å². The predicted octanol–water partition coefficient (Wildman–Crippen LogP) is 2.73. The largest absolute Gasteiger partial charge is 0.494 e. The summed E-state index contributed by atoms with van der Waals surface area (Å²) in [4.78, 5) is 15.0. The van der Waals surface area contributed by atoms with Crippen LogP contribution in [0.4, 0.5) is 28.4 Å². The Hall–Kier alpha value is -2.10. The van der Waals surface area contributed by atoms with E-state index >= 15 is 0 Å². The summed E-state index contributed by atoms with van der Waals surface area (Å²) in [5, 5.41) is 1.42. The molecule has 0 aliphatic rings. The maximum atomic E-state index is 12.9. The van der Waals surface area contributed by atoms with Gasteiger partial charge in [-0.15, -0.1) is 0 Å². The second-order valence-corrected chi connectivity index (χ2v) is 5.00. The molecule has 3 N–H and O–H groups in total. The molecule has 0 bridgehead atoms. The summed E-state index contributed by atoms with van der Waals surface area (Å²) < 4.78 is 55.4. The number of carbonyl (C=O) groups is 1. The minimum atomic E-state index is -4.79. The molecule has 0 atom stereocenters.